The maximum Gasteiger partial charge on any atom is 0.0577 e. The Hall–Kier alpha value is 0.0500. The lowest BCUT2D eigenvalue weighted by atomic mass is 9.47. The van der Waals surface area contributed by atoms with Crippen LogP contribution in [0.3, 0.4) is 0 Å². The average Bonchev–Trinajstić information content (AvgIpc) is 3.01. The van der Waals surface area contributed by atoms with Gasteiger partial charge in [0.1, 0.15) is 0 Å². The topological polar surface area (TPSA) is 20.2 Å². The third kappa shape index (κ3) is 3.75. The van der Waals surface area contributed by atoms with Gasteiger partial charge in [0.25, 0.3) is 0 Å². The summed E-state index contributed by atoms with van der Waals surface area (Å²) in [5.41, 5.74) is 2.64. The van der Waals surface area contributed by atoms with E-state index in [9.17, 15) is 5.11 Å². The molecule has 0 bridgehead atoms. The second-order valence-corrected chi connectivity index (χ2v) is 12.4. The van der Waals surface area contributed by atoms with Gasteiger partial charge in [0, 0.05) is 0 Å². The lowest BCUT2D eigenvalue weighted by Crippen LogP contribution is -2.50. The van der Waals surface area contributed by atoms with E-state index in [-0.39, 0.29) is 6.10 Å². The molecule has 0 aliphatic heterocycles. The molecule has 4 rings (SSSR count). The van der Waals surface area contributed by atoms with Gasteiger partial charge in [0.15, 0.2) is 0 Å². The van der Waals surface area contributed by atoms with Gasteiger partial charge in [-0.05, 0) is 110 Å². The number of hydrogen-bond donors (Lipinski definition) is 1. The number of rotatable bonds is 7. The summed E-state index contributed by atoms with van der Waals surface area (Å²) in [4.78, 5) is 0. The van der Waals surface area contributed by atoms with Crippen molar-refractivity contribution < 1.29 is 5.11 Å². The molecule has 5 unspecified atom stereocenters. The van der Waals surface area contributed by atoms with Crippen LogP contribution in [-0.2, 0) is 0 Å². The van der Waals surface area contributed by atoms with Gasteiger partial charge in [-0.3, -0.25) is 0 Å². The van der Waals surface area contributed by atoms with Crippen LogP contribution < -0.4 is 0 Å². The third-order valence-electron chi connectivity index (χ3n) is 9.82. The highest BCUT2D eigenvalue weighted by atomic mass is 32.2. The summed E-state index contributed by atoms with van der Waals surface area (Å²) < 4.78 is 0. The first-order valence-corrected chi connectivity index (χ1v) is 13.6. The molecule has 4 aliphatic rings. The summed E-state index contributed by atoms with van der Waals surface area (Å²) in [5, 5.41) is 10.2. The molecule has 28 heavy (non-hydrogen) atoms. The molecule has 2 heteroatoms. The minimum Gasteiger partial charge on any atom is -0.393 e. The maximum atomic E-state index is 10.2. The summed E-state index contributed by atoms with van der Waals surface area (Å²) in [6, 6.07) is 0. The number of hydrogen-bond acceptors (Lipinski definition) is 2. The molecule has 0 amide bonds. The van der Waals surface area contributed by atoms with Crippen molar-refractivity contribution in [2.75, 3.05) is 11.5 Å². The van der Waals surface area contributed by atoms with E-state index >= 15 is 0 Å². The molecular weight excluding hydrogens is 360 g/mol. The van der Waals surface area contributed by atoms with Crippen molar-refractivity contribution in [1.29, 1.82) is 0 Å². The third-order valence-corrected chi connectivity index (χ3v) is 10.8. The fourth-order valence-corrected chi connectivity index (χ4v) is 8.84. The first-order chi connectivity index (χ1) is 13.5. The zero-order valence-electron chi connectivity index (χ0n) is 18.7. The fraction of sp³-hybridized carbons (Fsp3) is 0.923. The highest BCUT2D eigenvalue weighted by Crippen LogP contribution is 2.66. The van der Waals surface area contributed by atoms with Gasteiger partial charge in [0.05, 0.1) is 6.10 Å². The average molecular weight is 405 g/mol. The smallest absolute Gasteiger partial charge is 0.0577 e. The highest BCUT2D eigenvalue weighted by Gasteiger charge is 2.58. The van der Waals surface area contributed by atoms with Gasteiger partial charge >= 0.3 is 0 Å². The van der Waals surface area contributed by atoms with Crippen molar-refractivity contribution >= 4 is 11.8 Å². The maximum absolute atomic E-state index is 10.2. The lowest BCUT2D eigenvalue weighted by Gasteiger charge is -2.58. The minimum absolute atomic E-state index is 0.0729. The molecular formula is C26H44OS. The Morgan fingerprint density at radius 3 is 2.71 bits per heavy atom. The van der Waals surface area contributed by atoms with Crippen LogP contribution in [-0.4, -0.2) is 22.7 Å². The normalized spacial score (nSPS) is 45.1. The van der Waals surface area contributed by atoms with E-state index < -0.39 is 0 Å². The predicted octanol–water partition coefficient (Wildman–Crippen LogP) is 7.24. The van der Waals surface area contributed by atoms with Gasteiger partial charge in [-0.15, -0.1) is 0 Å². The molecule has 0 saturated heterocycles. The Labute approximate surface area is 178 Å². The molecule has 0 radical (unpaired) electrons. The first kappa shape index (κ1) is 21.3. The molecule has 1 N–H and O–H groups in total. The largest absolute Gasteiger partial charge is 0.393 e. The van der Waals surface area contributed by atoms with Gasteiger partial charge in [-0.25, -0.2) is 0 Å². The molecule has 0 aromatic heterocycles. The number of thioether (sulfide) groups is 1. The van der Waals surface area contributed by atoms with Crippen LogP contribution in [0.2, 0.25) is 0 Å². The number of allylic oxidation sites excluding steroid dienone is 1. The zero-order valence-corrected chi connectivity index (χ0v) is 19.5. The molecule has 7 atom stereocenters. The van der Waals surface area contributed by atoms with Gasteiger partial charge in [0.2, 0.25) is 0 Å². The van der Waals surface area contributed by atoms with E-state index in [1.165, 1.54) is 75.7 Å². The SMILES string of the molecule is CCSCCCCC[C@H]1CCC2C3CC=C4C[C@@H](O)CCC4(C)C3CCC21C. The van der Waals surface area contributed by atoms with E-state index in [4.69, 9.17) is 0 Å². The van der Waals surface area contributed by atoms with Crippen molar-refractivity contribution in [1.82, 2.24) is 0 Å². The minimum atomic E-state index is -0.0729. The summed E-state index contributed by atoms with van der Waals surface area (Å²) >= 11 is 2.11. The van der Waals surface area contributed by atoms with Crippen LogP contribution in [0, 0.1) is 34.5 Å². The molecule has 0 aromatic carbocycles. The van der Waals surface area contributed by atoms with Crippen LogP contribution in [0.15, 0.2) is 11.6 Å². The lowest BCUT2D eigenvalue weighted by molar-refractivity contribution is -0.0508. The van der Waals surface area contributed by atoms with E-state index in [1.54, 1.807) is 5.57 Å². The second-order valence-electron chi connectivity index (χ2n) is 11.0. The summed E-state index contributed by atoms with van der Waals surface area (Å²) in [5.74, 6) is 6.42. The Balaban J connectivity index is 1.39. The van der Waals surface area contributed by atoms with Gasteiger partial charge in [-0.1, -0.05) is 45.3 Å². The van der Waals surface area contributed by atoms with Crippen molar-refractivity contribution in [3.05, 3.63) is 11.6 Å². The van der Waals surface area contributed by atoms with Crippen molar-refractivity contribution in [2.45, 2.75) is 104 Å². The molecule has 3 saturated carbocycles. The quantitative estimate of drug-likeness (QED) is 0.356. The van der Waals surface area contributed by atoms with Crippen molar-refractivity contribution in [3.63, 3.8) is 0 Å². The second kappa shape index (κ2) is 8.66. The van der Waals surface area contributed by atoms with E-state index in [1.807, 2.05) is 0 Å². The van der Waals surface area contributed by atoms with Crippen LogP contribution in [0.5, 0.6) is 0 Å². The zero-order chi connectivity index (χ0) is 19.8. The molecule has 0 heterocycles. The number of aliphatic hydroxyl groups excluding tert-OH is 1. The Morgan fingerprint density at radius 1 is 1.04 bits per heavy atom. The van der Waals surface area contributed by atoms with Crippen molar-refractivity contribution in [3.8, 4) is 0 Å². The Morgan fingerprint density at radius 2 is 1.89 bits per heavy atom. The summed E-state index contributed by atoms with van der Waals surface area (Å²) in [6.07, 6.45) is 18.8. The summed E-state index contributed by atoms with van der Waals surface area (Å²) in [7, 11) is 0. The van der Waals surface area contributed by atoms with Crippen LogP contribution in [0.4, 0.5) is 0 Å². The van der Waals surface area contributed by atoms with Crippen LogP contribution in [0.25, 0.3) is 0 Å². The Kier molecular flexibility index (Phi) is 6.58. The van der Waals surface area contributed by atoms with Crippen LogP contribution in [0.1, 0.15) is 97.8 Å². The molecule has 160 valence electrons. The predicted molar refractivity (Wildman–Crippen MR) is 123 cm³/mol. The van der Waals surface area contributed by atoms with E-state index in [0.717, 1.165) is 36.5 Å². The number of fused-ring (bicyclic) bond motifs is 5. The van der Waals surface area contributed by atoms with Crippen molar-refractivity contribution in [2.24, 2.45) is 34.5 Å². The number of unbranched alkanes of at least 4 members (excludes halogenated alkanes) is 2. The molecule has 1 nitrogen and oxygen atoms in total. The van der Waals surface area contributed by atoms with Gasteiger partial charge in [-0.2, -0.15) is 11.8 Å². The standard InChI is InChI=1S/C26H44OS/c1-4-28-17-7-5-6-8-19-10-12-23-22-11-9-20-18-21(27)13-15-26(20,3)24(22)14-16-25(19,23)2/h9,19,21-24,27H,4-8,10-18H2,1-3H3/t19-,21-,22?,23?,24?,25?,26?/m0/s1. The van der Waals surface area contributed by atoms with E-state index in [2.05, 4.69) is 38.6 Å². The van der Waals surface area contributed by atoms with E-state index in [0.29, 0.717) is 10.8 Å². The monoisotopic (exact) mass is 404 g/mol. The summed E-state index contributed by atoms with van der Waals surface area (Å²) in [6.45, 7) is 7.52. The number of aliphatic hydroxyl groups is 1. The molecule has 0 spiro atoms. The highest BCUT2D eigenvalue weighted by molar-refractivity contribution is 7.99. The Bertz CT molecular complexity index is 571. The molecule has 4 aliphatic carbocycles. The van der Waals surface area contributed by atoms with Gasteiger partial charge < -0.3 is 5.11 Å². The van der Waals surface area contributed by atoms with Crippen LogP contribution >= 0.6 is 11.8 Å². The first-order valence-electron chi connectivity index (χ1n) is 12.4. The molecule has 0 aromatic rings. The fourth-order valence-electron chi connectivity index (χ4n) is 8.14. The molecule has 3 fully saturated rings.